The van der Waals surface area contributed by atoms with E-state index < -0.39 is 0 Å². The number of hydrogen-bond acceptors (Lipinski definition) is 2. The van der Waals surface area contributed by atoms with Crippen LogP contribution >= 0.6 is 0 Å². The predicted molar refractivity (Wildman–Crippen MR) is 56.0 cm³/mol. The third-order valence-electron chi connectivity index (χ3n) is 3.54. The van der Waals surface area contributed by atoms with E-state index in [4.69, 9.17) is 9.47 Å². The summed E-state index contributed by atoms with van der Waals surface area (Å²) in [6.45, 7) is 11.0. The highest BCUT2D eigenvalue weighted by Gasteiger charge is 2.49. The molecule has 2 nitrogen and oxygen atoms in total. The van der Waals surface area contributed by atoms with Gasteiger partial charge in [-0.1, -0.05) is 20.8 Å². The van der Waals surface area contributed by atoms with Gasteiger partial charge in [-0.15, -0.1) is 0 Å². The largest absolute Gasteiger partial charge is 0.345 e. The topological polar surface area (TPSA) is 18.5 Å². The molecule has 2 heteroatoms. The van der Waals surface area contributed by atoms with Gasteiger partial charge >= 0.3 is 0 Å². The van der Waals surface area contributed by atoms with Crippen LogP contribution in [0.1, 0.15) is 47.5 Å². The zero-order chi connectivity index (χ0) is 10.6. The molecule has 1 aliphatic heterocycles. The molecule has 2 fully saturated rings. The summed E-state index contributed by atoms with van der Waals surface area (Å²) in [6.07, 6.45) is 3.01. The van der Waals surface area contributed by atoms with E-state index in [1.165, 1.54) is 0 Å². The fourth-order valence-corrected chi connectivity index (χ4v) is 2.67. The summed E-state index contributed by atoms with van der Waals surface area (Å²) in [5.41, 5.74) is 0.390. The first-order valence-corrected chi connectivity index (χ1v) is 5.63. The first-order chi connectivity index (χ1) is 6.28. The molecule has 0 bridgehead atoms. The average molecular weight is 198 g/mol. The Labute approximate surface area is 87.0 Å². The Morgan fingerprint density at radius 3 is 1.79 bits per heavy atom. The number of fused-ring (bicyclic) bond motifs is 1. The van der Waals surface area contributed by atoms with Gasteiger partial charge in [-0.25, -0.2) is 0 Å². The smallest absolute Gasteiger partial charge is 0.163 e. The van der Waals surface area contributed by atoms with E-state index >= 15 is 0 Å². The molecule has 2 atom stereocenters. The van der Waals surface area contributed by atoms with Crippen molar-refractivity contribution in [2.45, 2.75) is 65.5 Å². The van der Waals surface area contributed by atoms with Crippen molar-refractivity contribution in [3.63, 3.8) is 0 Å². The minimum Gasteiger partial charge on any atom is -0.345 e. The summed E-state index contributed by atoms with van der Waals surface area (Å²) in [6, 6.07) is 0. The van der Waals surface area contributed by atoms with E-state index in [1.54, 1.807) is 0 Å². The van der Waals surface area contributed by atoms with Crippen LogP contribution in [0.25, 0.3) is 0 Å². The highest BCUT2D eigenvalue weighted by molar-refractivity contribution is 4.94. The quantitative estimate of drug-likeness (QED) is 0.596. The van der Waals surface area contributed by atoms with Crippen molar-refractivity contribution in [3.05, 3.63) is 0 Å². The monoisotopic (exact) mass is 198 g/mol. The molecule has 1 saturated heterocycles. The van der Waals surface area contributed by atoms with Crippen LogP contribution in [-0.2, 0) is 9.47 Å². The average Bonchev–Trinajstić information content (AvgIpc) is 2.37. The maximum absolute atomic E-state index is 5.88. The molecule has 0 aromatic heterocycles. The first-order valence-electron chi connectivity index (χ1n) is 5.63. The lowest BCUT2D eigenvalue weighted by atomic mass is 9.79. The van der Waals surface area contributed by atoms with Gasteiger partial charge in [0.1, 0.15) is 0 Å². The Balaban J connectivity index is 2.00. The molecule has 0 aromatic carbocycles. The summed E-state index contributed by atoms with van der Waals surface area (Å²) < 4.78 is 11.8. The summed E-state index contributed by atoms with van der Waals surface area (Å²) in [5, 5.41) is 0. The fourth-order valence-electron chi connectivity index (χ4n) is 2.67. The van der Waals surface area contributed by atoms with Crippen LogP contribution in [0.2, 0.25) is 0 Å². The van der Waals surface area contributed by atoms with Gasteiger partial charge in [0.2, 0.25) is 0 Å². The Hall–Kier alpha value is -0.0800. The number of ether oxygens (including phenoxy) is 2. The number of rotatable bonds is 0. The molecule has 2 unspecified atom stereocenters. The Morgan fingerprint density at radius 2 is 1.43 bits per heavy atom. The maximum Gasteiger partial charge on any atom is 0.163 e. The molecule has 0 radical (unpaired) electrons. The van der Waals surface area contributed by atoms with Crippen LogP contribution < -0.4 is 0 Å². The summed E-state index contributed by atoms with van der Waals surface area (Å²) in [4.78, 5) is 0. The molecule has 1 heterocycles. The van der Waals surface area contributed by atoms with Crippen molar-refractivity contribution in [2.24, 2.45) is 11.3 Å². The second kappa shape index (κ2) is 2.96. The maximum atomic E-state index is 5.88. The molecule has 2 rings (SSSR count). The standard InChI is InChI=1S/C12H22O2/c1-11(2,3)8-6-9-10(7-8)14-12(4,5)13-9/h8-10H,6-7H2,1-5H3. The Kier molecular flexibility index (Phi) is 2.20. The Bertz CT molecular complexity index is 211. The summed E-state index contributed by atoms with van der Waals surface area (Å²) in [7, 11) is 0. The molecule has 82 valence electrons. The molecule has 14 heavy (non-hydrogen) atoms. The molecule has 1 saturated carbocycles. The molecular formula is C12H22O2. The SMILES string of the molecule is CC1(C)OC2CC(C(C)(C)C)CC2O1. The summed E-state index contributed by atoms with van der Waals surface area (Å²) in [5.74, 6) is 0.395. The highest BCUT2D eigenvalue weighted by Crippen LogP contribution is 2.46. The second-order valence-corrected chi connectivity index (χ2v) is 6.25. The van der Waals surface area contributed by atoms with Crippen molar-refractivity contribution in [1.29, 1.82) is 0 Å². The highest BCUT2D eigenvalue weighted by atomic mass is 16.8. The molecule has 0 N–H and O–H groups in total. The van der Waals surface area contributed by atoms with Crippen LogP contribution in [0.4, 0.5) is 0 Å². The fraction of sp³-hybridized carbons (Fsp3) is 1.00. The third kappa shape index (κ3) is 1.82. The molecule has 0 aromatic rings. The van der Waals surface area contributed by atoms with Gasteiger partial charge in [0.05, 0.1) is 12.2 Å². The van der Waals surface area contributed by atoms with Gasteiger partial charge in [0.25, 0.3) is 0 Å². The third-order valence-corrected chi connectivity index (χ3v) is 3.54. The van der Waals surface area contributed by atoms with Crippen molar-refractivity contribution in [3.8, 4) is 0 Å². The van der Waals surface area contributed by atoms with Crippen molar-refractivity contribution < 1.29 is 9.47 Å². The van der Waals surface area contributed by atoms with Crippen molar-refractivity contribution in [1.82, 2.24) is 0 Å². The van der Waals surface area contributed by atoms with Crippen molar-refractivity contribution >= 4 is 0 Å². The van der Waals surface area contributed by atoms with Gasteiger partial charge in [-0.3, -0.25) is 0 Å². The van der Waals surface area contributed by atoms with E-state index in [-0.39, 0.29) is 5.79 Å². The van der Waals surface area contributed by atoms with Gasteiger partial charge in [-0.2, -0.15) is 0 Å². The van der Waals surface area contributed by atoms with Gasteiger partial charge in [-0.05, 0) is 38.0 Å². The summed E-state index contributed by atoms with van der Waals surface area (Å²) >= 11 is 0. The van der Waals surface area contributed by atoms with Crippen LogP contribution in [0.5, 0.6) is 0 Å². The van der Waals surface area contributed by atoms with E-state index in [0.29, 0.717) is 17.6 Å². The Morgan fingerprint density at radius 1 is 1.00 bits per heavy atom. The van der Waals surface area contributed by atoms with Crippen LogP contribution in [0.3, 0.4) is 0 Å². The van der Waals surface area contributed by atoms with E-state index in [9.17, 15) is 0 Å². The molecule has 0 spiro atoms. The van der Waals surface area contributed by atoms with Crippen LogP contribution in [-0.4, -0.2) is 18.0 Å². The minimum absolute atomic E-state index is 0.342. The minimum atomic E-state index is -0.349. The van der Waals surface area contributed by atoms with E-state index in [0.717, 1.165) is 18.8 Å². The second-order valence-electron chi connectivity index (χ2n) is 6.25. The van der Waals surface area contributed by atoms with Gasteiger partial charge in [0.15, 0.2) is 5.79 Å². The lowest BCUT2D eigenvalue weighted by molar-refractivity contribution is -0.156. The molecular weight excluding hydrogens is 176 g/mol. The van der Waals surface area contributed by atoms with E-state index in [1.807, 2.05) is 13.8 Å². The zero-order valence-electron chi connectivity index (χ0n) is 9.96. The van der Waals surface area contributed by atoms with E-state index in [2.05, 4.69) is 20.8 Å². The zero-order valence-corrected chi connectivity index (χ0v) is 9.96. The van der Waals surface area contributed by atoms with Crippen LogP contribution in [0, 0.1) is 11.3 Å². The van der Waals surface area contributed by atoms with Crippen molar-refractivity contribution in [2.75, 3.05) is 0 Å². The van der Waals surface area contributed by atoms with Gasteiger partial charge < -0.3 is 9.47 Å². The molecule has 2 aliphatic rings. The van der Waals surface area contributed by atoms with Gasteiger partial charge in [0, 0.05) is 0 Å². The first kappa shape index (κ1) is 10.4. The van der Waals surface area contributed by atoms with Crippen LogP contribution in [0.15, 0.2) is 0 Å². The normalized spacial score (nSPS) is 41.4. The predicted octanol–water partition coefficient (Wildman–Crippen LogP) is 2.96. The molecule has 0 amide bonds. The lowest BCUT2D eigenvalue weighted by Crippen LogP contribution is -2.26. The molecule has 1 aliphatic carbocycles. The lowest BCUT2D eigenvalue weighted by Gasteiger charge is -2.29. The number of hydrogen-bond donors (Lipinski definition) is 0.